The van der Waals surface area contributed by atoms with E-state index in [1.807, 2.05) is 44.2 Å². The molecule has 0 bridgehead atoms. The molecule has 0 fully saturated rings. The van der Waals surface area contributed by atoms with Crippen molar-refractivity contribution in [2.24, 2.45) is 0 Å². The minimum atomic E-state index is -0.336. The summed E-state index contributed by atoms with van der Waals surface area (Å²) in [5.41, 5.74) is 1.16. The van der Waals surface area contributed by atoms with Crippen LogP contribution in [0.4, 0.5) is 5.69 Å². The first-order chi connectivity index (χ1) is 13.4. The summed E-state index contributed by atoms with van der Waals surface area (Å²) in [6.45, 7) is 6.63. The largest absolute Gasteiger partial charge is 0.493 e. The number of hydrogen-bond donors (Lipinski definition) is 2. The molecule has 2 aromatic carbocycles. The maximum atomic E-state index is 12.7. The Balaban J connectivity index is 2.04. The van der Waals surface area contributed by atoms with Gasteiger partial charge in [-0.05, 0) is 62.3 Å². The van der Waals surface area contributed by atoms with Crippen LogP contribution in [0.3, 0.4) is 0 Å². The minimum Gasteiger partial charge on any atom is -0.493 e. The first kappa shape index (κ1) is 22.2. The highest BCUT2D eigenvalue weighted by atomic mass is 79.9. The molecule has 0 heterocycles. The molecule has 0 aliphatic heterocycles. The zero-order valence-electron chi connectivity index (χ0n) is 16.3. The summed E-state index contributed by atoms with van der Waals surface area (Å²) in [5.74, 6) is 0.932. The second kappa shape index (κ2) is 11.0. The molecule has 0 radical (unpaired) electrons. The lowest BCUT2D eigenvalue weighted by Crippen LogP contribution is -2.34. The van der Waals surface area contributed by atoms with E-state index in [-0.39, 0.29) is 17.1 Å². The average Bonchev–Trinajstić information content (AvgIpc) is 2.67. The lowest BCUT2D eigenvalue weighted by atomic mass is 10.2. The van der Waals surface area contributed by atoms with Gasteiger partial charge in [0.25, 0.3) is 5.91 Å². The van der Waals surface area contributed by atoms with Crippen molar-refractivity contribution in [1.82, 2.24) is 5.32 Å². The highest BCUT2D eigenvalue weighted by Crippen LogP contribution is 2.24. The number of nitrogens with one attached hydrogen (secondary N) is 2. The lowest BCUT2D eigenvalue weighted by Gasteiger charge is -2.15. The number of anilines is 1. The van der Waals surface area contributed by atoms with Gasteiger partial charge >= 0.3 is 0 Å². The topological polar surface area (TPSA) is 59.6 Å². The summed E-state index contributed by atoms with van der Waals surface area (Å²) in [4.78, 5) is 12.7. The Bertz CT molecular complexity index is 829. The standard InChI is InChI=1S/C21H25BrN2O3S/c1-4-11-26-19-10-9-15(22)12-18(19)20(25)24-21(28)23-16-7-6-8-17(13-16)27-14(3)5-2/h6-10,12-14H,4-5,11H2,1-3H3,(H2,23,24,25,28). The first-order valence-corrected chi connectivity index (χ1v) is 10.4. The van der Waals surface area contributed by atoms with E-state index < -0.39 is 0 Å². The van der Waals surface area contributed by atoms with E-state index in [9.17, 15) is 4.79 Å². The summed E-state index contributed by atoms with van der Waals surface area (Å²) in [5, 5.41) is 5.92. The molecule has 1 atom stereocenters. The van der Waals surface area contributed by atoms with Crippen LogP contribution in [-0.2, 0) is 0 Å². The summed E-state index contributed by atoms with van der Waals surface area (Å²) < 4.78 is 12.3. The maximum absolute atomic E-state index is 12.7. The van der Waals surface area contributed by atoms with Crippen molar-refractivity contribution in [3.63, 3.8) is 0 Å². The van der Waals surface area contributed by atoms with E-state index in [1.165, 1.54) is 0 Å². The van der Waals surface area contributed by atoms with E-state index in [4.69, 9.17) is 21.7 Å². The molecule has 1 amide bonds. The van der Waals surface area contributed by atoms with Gasteiger partial charge in [-0.2, -0.15) is 0 Å². The summed E-state index contributed by atoms with van der Waals surface area (Å²) in [6, 6.07) is 12.8. The van der Waals surface area contributed by atoms with Gasteiger partial charge in [-0.15, -0.1) is 0 Å². The molecule has 1 unspecified atom stereocenters. The number of rotatable bonds is 8. The van der Waals surface area contributed by atoms with Crippen LogP contribution in [-0.4, -0.2) is 23.7 Å². The normalized spacial score (nSPS) is 11.4. The molecule has 2 rings (SSSR count). The summed E-state index contributed by atoms with van der Waals surface area (Å²) in [7, 11) is 0. The van der Waals surface area contributed by atoms with Crippen LogP contribution in [0.2, 0.25) is 0 Å². The minimum absolute atomic E-state index is 0.125. The number of hydrogen-bond acceptors (Lipinski definition) is 4. The molecule has 2 N–H and O–H groups in total. The van der Waals surface area contributed by atoms with E-state index in [1.54, 1.807) is 12.1 Å². The van der Waals surface area contributed by atoms with Gasteiger partial charge in [-0.1, -0.05) is 35.8 Å². The first-order valence-electron chi connectivity index (χ1n) is 9.24. The van der Waals surface area contributed by atoms with Crippen LogP contribution < -0.4 is 20.1 Å². The number of carbonyl (C=O) groups excluding carboxylic acids is 1. The highest BCUT2D eigenvalue weighted by molar-refractivity contribution is 9.10. The molecule has 5 nitrogen and oxygen atoms in total. The van der Waals surface area contributed by atoms with Crippen molar-refractivity contribution < 1.29 is 14.3 Å². The van der Waals surface area contributed by atoms with Gasteiger partial charge in [0.05, 0.1) is 18.3 Å². The fraction of sp³-hybridized carbons (Fsp3) is 0.333. The molecule has 0 saturated carbocycles. The van der Waals surface area contributed by atoms with Crippen LogP contribution >= 0.6 is 28.1 Å². The fourth-order valence-electron chi connectivity index (χ4n) is 2.31. The van der Waals surface area contributed by atoms with E-state index in [0.717, 1.165) is 28.8 Å². The summed E-state index contributed by atoms with van der Waals surface area (Å²) in [6.07, 6.45) is 1.90. The smallest absolute Gasteiger partial charge is 0.261 e. The van der Waals surface area contributed by atoms with Gasteiger partial charge in [0.1, 0.15) is 11.5 Å². The molecule has 0 aliphatic carbocycles. The van der Waals surface area contributed by atoms with Crippen molar-refractivity contribution in [3.8, 4) is 11.5 Å². The van der Waals surface area contributed by atoms with Crippen molar-refractivity contribution >= 4 is 44.9 Å². The Morgan fingerprint density at radius 2 is 2.00 bits per heavy atom. The Hall–Kier alpha value is -2.12. The van der Waals surface area contributed by atoms with Gasteiger partial charge in [0.2, 0.25) is 0 Å². The quantitative estimate of drug-likeness (QED) is 0.502. The van der Waals surface area contributed by atoms with Crippen LogP contribution in [0.5, 0.6) is 11.5 Å². The molecule has 7 heteroatoms. The molecule has 150 valence electrons. The van der Waals surface area contributed by atoms with Gasteiger partial charge in [0, 0.05) is 16.2 Å². The zero-order valence-corrected chi connectivity index (χ0v) is 18.7. The molecular weight excluding hydrogens is 440 g/mol. The van der Waals surface area contributed by atoms with E-state index >= 15 is 0 Å². The second-order valence-electron chi connectivity index (χ2n) is 6.26. The Kier molecular flexibility index (Phi) is 8.73. The zero-order chi connectivity index (χ0) is 20.5. The van der Waals surface area contributed by atoms with Crippen LogP contribution in [0.1, 0.15) is 44.0 Å². The van der Waals surface area contributed by atoms with Crippen molar-refractivity contribution in [2.45, 2.75) is 39.7 Å². The van der Waals surface area contributed by atoms with Gasteiger partial charge in [0.15, 0.2) is 5.11 Å². The monoisotopic (exact) mass is 464 g/mol. The molecule has 0 aromatic heterocycles. The molecule has 0 aliphatic rings. The molecule has 28 heavy (non-hydrogen) atoms. The average molecular weight is 465 g/mol. The third-order valence-electron chi connectivity index (χ3n) is 3.88. The molecular formula is C21H25BrN2O3S. The van der Waals surface area contributed by atoms with Gasteiger partial charge in [-0.25, -0.2) is 0 Å². The fourth-order valence-corrected chi connectivity index (χ4v) is 2.88. The number of carbonyl (C=O) groups is 1. The van der Waals surface area contributed by atoms with Gasteiger partial charge < -0.3 is 14.8 Å². The van der Waals surface area contributed by atoms with E-state index in [0.29, 0.717) is 17.9 Å². The van der Waals surface area contributed by atoms with Crippen molar-refractivity contribution in [2.75, 3.05) is 11.9 Å². The molecule has 0 saturated heterocycles. The third kappa shape index (κ3) is 6.80. The number of ether oxygens (including phenoxy) is 2. The second-order valence-corrected chi connectivity index (χ2v) is 7.59. The van der Waals surface area contributed by atoms with E-state index in [2.05, 4.69) is 33.5 Å². The number of benzene rings is 2. The Labute approximate surface area is 179 Å². The SMILES string of the molecule is CCCOc1ccc(Br)cc1C(=O)NC(=S)Nc1cccc(OC(C)CC)c1. The molecule has 2 aromatic rings. The lowest BCUT2D eigenvalue weighted by molar-refractivity contribution is 0.0973. The van der Waals surface area contributed by atoms with Gasteiger partial charge in [-0.3, -0.25) is 10.1 Å². The number of amides is 1. The predicted molar refractivity (Wildman–Crippen MR) is 120 cm³/mol. The molecule has 0 spiro atoms. The summed E-state index contributed by atoms with van der Waals surface area (Å²) >= 11 is 8.68. The van der Waals surface area contributed by atoms with Crippen LogP contribution in [0.25, 0.3) is 0 Å². The third-order valence-corrected chi connectivity index (χ3v) is 4.58. The Morgan fingerprint density at radius 3 is 2.71 bits per heavy atom. The maximum Gasteiger partial charge on any atom is 0.261 e. The Morgan fingerprint density at radius 1 is 1.21 bits per heavy atom. The van der Waals surface area contributed by atoms with Crippen molar-refractivity contribution in [3.05, 3.63) is 52.5 Å². The van der Waals surface area contributed by atoms with Crippen LogP contribution in [0.15, 0.2) is 46.9 Å². The number of thiocarbonyl (C=S) groups is 1. The highest BCUT2D eigenvalue weighted by Gasteiger charge is 2.15. The van der Waals surface area contributed by atoms with Crippen LogP contribution in [0, 0.1) is 0 Å². The predicted octanol–water partition coefficient (Wildman–Crippen LogP) is 5.54. The van der Waals surface area contributed by atoms with Crippen molar-refractivity contribution in [1.29, 1.82) is 0 Å². The number of halogens is 1.